The molecular weight excluding hydrogens is 334 g/mol. The Morgan fingerprint density at radius 3 is 2.73 bits per heavy atom. The molecule has 8 nitrogen and oxygen atoms in total. The summed E-state index contributed by atoms with van der Waals surface area (Å²) in [6.45, 7) is 3.92. The molecule has 0 bridgehead atoms. The number of nitrogens with zero attached hydrogens (tertiary/aromatic N) is 3. The van der Waals surface area contributed by atoms with Gasteiger partial charge in [0.1, 0.15) is 18.3 Å². The van der Waals surface area contributed by atoms with Crippen molar-refractivity contribution in [2.75, 3.05) is 12.4 Å². The summed E-state index contributed by atoms with van der Waals surface area (Å²) in [6, 6.07) is 7.45. The van der Waals surface area contributed by atoms with Crippen LogP contribution in [0.15, 0.2) is 36.9 Å². The fourth-order valence-electron chi connectivity index (χ4n) is 2.84. The number of rotatable bonds is 5. The van der Waals surface area contributed by atoms with Gasteiger partial charge in [-0.15, -0.1) is 0 Å². The summed E-state index contributed by atoms with van der Waals surface area (Å²) in [4.78, 5) is 31.5. The molecule has 26 heavy (non-hydrogen) atoms. The molecule has 134 valence electrons. The highest BCUT2D eigenvalue weighted by Crippen LogP contribution is 2.22. The van der Waals surface area contributed by atoms with Crippen LogP contribution in [0.25, 0.3) is 0 Å². The molecule has 2 N–H and O–H groups in total. The van der Waals surface area contributed by atoms with Gasteiger partial charge in [0.05, 0.1) is 19.2 Å². The van der Waals surface area contributed by atoms with Crippen molar-refractivity contribution < 1.29 is 14.3 Å². The Hall–Kier alpha value is -3.42. The number of ether oxygens (including phenoxy) is 1. The number of aromatic nitrogens is 4. The highest BCUT2D eigenvalue weighted by Gasteiger charge is 2.22. The molecule has 1 amide bonds. The second-order valence-electron chi connectivity index (χ2n) is 5.82. The predicted molar refractivity (Wildman–Crippen MR) is 95.1 cm³/mol. The number of amides is 1. The molecule has 0 saturated heterocycles. The number of hydrogen-bond donors (Lipinski definition) is 2. The van der Waals surface area contributed by atoms with Crippen LogP contribution in [0.5, 0.6) is 0 Å². The minimum absolute atomic E-state index is 0.327. The van der Waals surface area contributed by atoms with E-state index in [0.29, 0.717) is 34.7 Å². The molecule has 0 saturated carbocycles. The summed E-state index contributed by atoms with van der Waals surface area (Å²) in [5.41, 5.74) is 3.42. The number of methoxy groups -OCH3 is 1. The van der Waals surface area contributed by atoms with Crippen molar-refractivity contribution in [1.82, 2.24) is 19.7 Å². The van der Waals surface area contributed by atoms with Gasteiger partial charge in [-0.2, -0.15) is 5.10 Å². The Morgan fingerprint density at radius 2 is 2.04 bits per heavy atom. The van der Waals surface area contributed by atoms with Crippen molar-refractivity contribution >= 4 is 17.6 Å². The number of benzene rings is 1. The Balaban J connectivity index is 1.86. The first-order valence-electron chi connectivity index (χ1n) is 8.00. The van der Waals surface area contributed by atoms with Crippen LogP contribution in [0.2, 0.25) is 0 Å². The molecule has 3 aromatic rings. The normalized spacial score (nSPS) is 10.6. The number of aromatic amines is 1. The van der Waals surface area contributed by atoms with E-state index in [-0.39, 0.29) is 5.91 Å². The average molecular weight is 353 g/mol. The quantitative estimate of drug-likeness (QED) is 0.685. The maximum Gasteiger partial charge on any atom is 0.339 e. The highest BCUT2D eigenvalue weighted by molar-refractivity contribution is 6.07. The Labute approximate surface area is 150 Å². The van der Waals surface area contributed by atoms with Crippen LogP contribution in [0.3, 0.4) is 0 Å². The number of para-hydroxylation sites is 1. The van der Waals surface area contributed by atoms with Crippen LogP contribution < -0.4 is 5.32 Å². The minimum Gasteiger partial charge on any atom is -0.465 e. The van der Waals surface area contributed by atoms with E-state index in [1.54, 1.807) is 24.9 Å². The Kier molecular flexibility index (Phi) is 4.83. The van der Waals surface area contributed by atoms with Crippen molar-refractivity contribution in [1.29, 1.82) is 0 Å². The molecule has 0 spiro atoms. The van der Waals surface area contributed by atoms with Crippen molar-refractivity contribution in [2.45, 2.75) is 20.4 Å². The number of H-pyrrole nitrogens is 1. The molecule has 0 radical (unpaired) electrons. The molecule has 0 atom stereocenters. The van der Waals surface area contributed by atoms with Gasteiger partial charge in [0, 0.05) is 11.4 Å². The molecule has 0 fully saturated rings. The van der Waals surface area contributed by atoms with Gasteiger partial charge in [0.25, 0.3) is 5.91 Å². The predicted octanol–water partition coefficient (Wildman–Crippen LogP) is 2.31. The number of hydrogen-bond acceptors (Lipinski definition) is 5. The topological polar surface area (TPSA) is 102 Å². The number of esters is 1. The van der Waals surface area contributed by atoms with E-state index in [9.17, 15) is 9.59 Å². The molecule has 0 aliphatic carbocycles. The summed E-state index contributed by atoms with van der Waals surface area (Å²) in [7, 11) is 1.31. The molecule has 0 unspecified atom stereocenters. The molecule has 0 aliphatic heterocycles. The van der Waals surface area contributed by atoms with E-state index < -0.39 is 5.97 Å². The first kappa shape index (κ1) is 17.4. The Morgan fingerprint density at radius 1 is 1.27 bits per heavy atom. The summed E-state index contributed by atoms with van der Waals surface area (Å²) in [5.74, 6) is -0.798. The monoisotopic (exact) mass is 353 g/mol. The van der Waals surface area contributed by atoms with Crippen LogP contribution >= 0.6 is 0 Å². The van der Waals surface area contributed by atoms with Gasteiger partial charge in [0.2, 0.25) is 0 Å². The molecule has 0 aliphatic rings. The van der Waals surface area contributed by atoms with Crippen LogP contribution in [-0.2, 0) is 11.3 Å². The van der Waals surface area contributed by atoms with E-state index in [4.69, 9.17) is 4.74 Å². The second-order valence-corrected chi connectivity index (χ2v) is 5.82. The van der Waals surface area contributed by atoms with Crippen LogP contribution in [-0.4, -0.2) is 38.7 Å². The van der Waals surface area contributed by atoms with Gasteiger partial charge >= 0.3 is 5.97 Å². The summed E-state index contributed by atoms with van der Waals surface area (Å²) in [6.07, 6.45) is 3.07. The van der Waals surface area contributed by atoms with Gasteiger partial charge < -0.3 is 15.0 Å². The fourth-order valence-corrected chi connectivity index (χ4v) is 2.84. The van der Waals surface area contributed by atoms with E-state index in [0.717, 1.165) is 5.56 Å². The van der Waals surface area contributed by atoms with Crippen molar-refractivity contribution in [2.24, 2.45) is 0 Å². The van der Waals surface area contributed by atoms with Gasteiger partial charge in [-0.3, -0.25) is 4.79 Å². The third-order valence-electron chi connectivity index (χ3n) is 4.12. The lowest BCUT2D eigenvalue weighted by Gasteiger charge is -2.11. The van der Waals surface area contributed by atoms with E-state index in [2.05, 4.69) is 20.4 Å². The SMILES string of the molecule is COC(=O)c1c(C)[nH]c(C(=O)Nc2ccccc2Cn2cncn2)c1C. The van der Waals surface area contributed by atoms with Crippen molar-refractivity contribution in [3.63, 3.8) is 0 Å². The summed E-state index contributed by atoms with van der Waals surface area (Å²) in [5, 5.41) is 6.98. The van der Waals surface area contributed by atoms with Crippen molar-refractivity contribution in [3.8, 4) is 0 Å². The first-order chi connectivity index (χ1) is 12.5. The number of nitrogens with one attached hydrogen (secondary N) is 2. The van der Waals surface area contributed by atoms with Gasteiger partial charge in [-0.1, -0.05) is 18.2 Å². The number of carbonyl (C=O) groups is 2. The van der Waals surface area contributed by atoms with Crippen LogP contribution in [0.4, 0.5) is 5.69 Å². The zero-order valence-electron chi connectivity index (χ0n) is 14.7. The fraction of sp³-hybridized carbons (Fsp3) is 0.222. The first-order valence-corrected chi connectivity index (χ1v) is 8.00. The third-order valence-corrected chi connectivity index (χ3v) is 4.12. The molecule has 8 heteroatoms. The van der Waals surface area contributed by atoms with Crippen LogP contribution in [0.1, 0.15) is 37.7 Å². The lowest BCUT2D eigenvalue weighted by molar-refractivity contribution is 0.0599. The molecular formula is C18H19N5O3. The number of anilines is 1. The largest absolute Gasteiger partial charge is 0.465 e. The molecule has 2 heterocycles. The highest BCUT2D eigenvalue weighted by atomic mass is 16.5. The zero-order valence-corrected chi connectivity index (χ0v) is 14.7. The zero-order chi connectivity index (χ0) is 18.7. The molecule has 3 rings (SSSR count). The smallest absolute Gasteiger partial charge is 0.339 e. The average Bonchev–Trinajstić information content (AvgIpc) is 3.24. The van der Waals surface area contributed by atoms with Gasteiger partial charge in [0.15, 0.2) is 0 Å². The minimum atomic E-state index is -0.470. The summed E-state index contributed by atoms with van der Waals surface area (Å²) >= 11 is 0. The maximum atomic E-state index is 12.7. The molecule has 1 aromatic carbocycles. The van der Waals surface area contributed by atoms with Crippen molar-refractivity contribution in [3.05, 3.63) is 65.0 Å². The maximum absolute atomic E-state index is 12.7. The summed E-state index contributed by atoms with van der Waals surface area (Å²) < 4.78 is 6.45. The number of aryl methyl sites for hydroxylation is 1. The van der Waals surface area contributed by atoms with E-state index in [1.807, 2.05) is 24.3 Å². The Bertz CT molecular complexity index is 944. The third kappa shape index (κ3) is 3.34. The lowest BCUT2D eigenvalue weighted by Crippen LogP contribution is -2.16. The lowest BCUT2D eigenvalue weighted by atomic mass is 10.1. The van der Waals surface area contributed by atoms with E-state index in [1.165, 1.54) is 13.4 Å². The standard InChI is InChI=1S/C18H19N5O3/c1-11-15(18(25)26-3)12(2)21-16(11)17(24)22-14-7-5-4-6-13(14)8-23-10-19-9-20-23/h4-7,9-10,21H,8H2,1-3H3,(H,22,24). The van der Waals surface area contributed by atoms with Crippen LogP contribution in [0, 0.1) is 13.8 Å². The van der Waals surface area contributed by atoms with E-state index >= 15 is 0 Å². The second kappa shape index (κ2) is 7.22. The number of carbonyl (C=O) groups excluding carboxylic acids is 2. The van der Waals surface area contributed by atoms with Gasteiger partial charge in [-0.25, -0.2) is 14.5 Å². The molecule has 2 aromatic heterocycles. The van der Waals surface area contributed by atoms with Gasteiger partial charge in [-0.05, 0) is 31.0 Å².